The number of rotatable bonds is 3. The van der Waals surface area contributed by atoms with Crippen LogP contribution in [0.2, 0.25) is 0 Å². The Balaban J connectivity index is 2.60. The monoisotopic (exact) mass is 247 g/mol. The Labute approximate surface area is 111 Å². The Hall–Kier alpha value is -1.02. The molecule has 0 aliphatic carbocycles. The number of hydrogen-bond acceptors (Lipinski definition) is 2. The molecular weight excluding hydrogens is 222 g/mol. The molecule has 0 spiro atoms. The second kappa shape index (κ2) is 4.93. The van der Waals surface area contributed by atoms with Gasteiger partial charge < -0.3 is 10.1 Å². The maximum atomic E-state index is 5.76. The minimum atomic E-state index is 0.0698. The normalized spacial score (nSPS) is 23.7. The lowest BCUT2D eigenvalue weighted by Crippen LogP contribution is -2.34. The third-order valence-electron chi connectivity index (χ3n) is 4.14. The van der Waals surface area contributed by atoms with Crippen LogP contribution in [-0.4, -0.2) is 13.7 Å². The zero-order valence-electron chi connectivity index (χ0n) is 12.3. The van der Waals surface area contributed by atoms with E-state index in [4.69, 9.17) is 4.74 Å². The molecule has 1 atom stereocenters. The summed E-state index contributed by atoms with van der Waals surface area (Å²) in [5, 5.41) is 3.65. The van der Waals surface area contributed by atoms with E-state index in [1.165, 1.54) is 29.5 Å². The maximum Gasteiger partial charge on any atom is 0.127 e. The van der Waals surface area contributed by atoms with Crippen LogP contribution in [0.25, 0.3) is 0 Å². The SMILES string of the molecule is COc1c(C(C)C)ccc(C)c1C1(C)CCCN1. The van der Waals surface area contributed by atoms with Gasteiger partial charge in [0.05, 0.1) is 7.11 Å². The fourth-order valence-electron chi connectivity index (χ4n) is 3.17. The molecule has 2 nitrogen and oxygen atoms in total. The third kappa shape index (κ3) is 2.14. The van der Waals surface area contributed by atoms with Crippen molar-refractivity contribution >= 4 is 0 Å². The van der Waals surface area contributed by atoms with Crippen LogP contribution >= 0.6 is 0 Å². The zero-order valence-corrected chi connectivity index (χ0v) is 12.3. The molecule has 100 valence electrons. The minimum absolute atomic E-state index is 0.0698. The molecule has 0 radical (unpaired) electrons. The van der Waals surface area contributed by atoms with E-state index in [0.717, 1.165) is 12.3 Å². The van der Waals surface area contributed by atoms with Crippen molar-refractivity contribution in [3.05, 3.63) is 28.8 Å². The van der Waals surface area contributed by atoms with E-state index >= 15 is 0 Å². The van der Waals surface area contributed by atoms with Gasteiger partial charge in [0.2, 0.25) is 0 Å². The van der Waals surface area contributed by atoms with Crippen LogP contribution in [0.3, 0.4) is 0 Å². The van der Waals surface area contributed by atoms with Crippen molar-refractivity contribution in [3.8, 4) is 5.75 Å². The molecule has 1 aromatic carbocycles. The smallest absolute Gasteiger partial charge is 0.127 e. The fourth-order valence-corrected chi connectivity index (χ4v) is 3.17. The first-order valence-corrected chi connectivity index (χ1v) is 6.92. The number of hydrogen-bond donors (Lipinski definition) is 1. The number of nitrogens with one attached hydrogen (secondary N) is 1. The maximum absolute atomic E-state index is 5.76. The summed E-state index contributed by atoms with van der Waals surface area (Å²) in [6, 6.07) is 4.44. The van der Waals surface area contributed by atoms with Crippen LogP contribution in [0.15, 0.2) is 12.1 Å². The van der Waals surface area contributed by atoms with Gasteiger partial charge >= 0.3 is 0 Å². The highest BCUT2D eigenvalue weighted by Crippen LogP contribution is 2.42. The molecule has 1 aliphatic rings. The van der Waals surface area contributed by atoms with Gasteiger partial charge in [-0.2, -0.15) is 0 Å². The van der Waals surface area contributed by atoms with Crippen LogP contribution in [0.1, 0.15) is 56.2 Å². The van der Waals surface area contributed by atoms with E-state index < -0.39 is 0 Å². The number of ether oxygens (including phenoxy) is 1. The fraction of sp³-hybridized carbons (Fsp3) is 0.625. The van der Waals surface area contributed by atoms with E-state index in [-0.39, 0.29) is 5.54 Å². The molecule has 1 saturated heterocycles. The predicted molar refractivity (Wildman–Crippen MR) is 76.4 cm³/mol. The Kier molecular flexibility index (Phi) is 3.67. The van der Waals surface area contributed by atoms with E-state index in [1.54, 1.807) is 7.11 Å². The summed E-state index contributed by atoms with van der Waals surface area (Å²) in [6.07, 6.45) is 2.43. The summed E-state index contributed by atoms with van der Waals surface area (Å²) in [5.74, 6) is 1.58. The Morgan fingerprint density at radius 1 is 1.33 bits per heavy atom. The Morgan fingerprint density at radius 3 is 2.56 bits per heavy atom. The van der Waals surface area contributed by atoms with Gasteiger partial charge in [0.15, 0.2) is 0 Å². The summed E-state index contributed by atoms with van der Waals surface area (Å²) in [6.45, 7) is 10.0. The van der Waals surface area contributed by atoms with E-state index in [0.29, 0.717) is 5.92 Å². The topological polar surface area (TPSA) is 21.3 Å². The van der Waals surface area contributed by atoms with Gasteiger partial charge in [0, 0.05) is 11.1 Å². The van der Waals surface area contributed by atoms with Crippen LogP contribution in [-0.2, 0) is 5.54 Å². The number of aryl methyl sites for hydroxylation is 1. The molecule has 0 saturated carbocycles. The van der Waals surface area contributed by atoms with Crippen molar-refractivity contribution in [1.82, 2.24) is 5.32 Å². The molecule has 1 aromatic rings. The molecule has 2 rings (SSSR count). The first kappa shape index (κ1) is 13.4. The highest BCUT2D eigenvalue weighted by Gasteiger charge is 2.35. The van der Waals surface area contributed by atoms with Gasteiger partial charge in [-0.25, -0.2) is 0 Å². The average molecular weight is 247 g/mol. The predicted octanol–water partition coefficient (Wildman–Crippen LogP) is 3.73. The van der Waals surface area contributed by atoms with Gasteiger partial charge in [-0.05, 0) is 50.3 Å². The van der Waals surface area contributed by atoms with Gasteiger partial charge in [0.1, 0.15) is 5.75 Å². The van der Waals surface area contributed by atoms with Crippen molar-refractivity contribution < 1.29 is 4.74 Å². The van der Waals surface area contributed by atoms with E-state index in [1.807, 2.05) is 0 Å². The van der Waals surface area contributed by atoms with Crippen molar-refractivity contribution in [2.45, 2.75) is 52.0 Å². The quantitative estimate of drug-likeness (QED) is 0.879. The lowest BCUT2D eigenvalue weighted by atomic mass is 9.83. The Bertz CT molecular complexity index is 431. The molecule has 1 N–H and O–H groups in total. The molecule has 0 bridgehead atoms. The summed E-state index contributed by atoms with van der Waals surface area (Å²) >= 11 is 0. The summed E-state index contributed by atoms with van der Waals surface area (Å²) in [4.78, 5) is 0. The summed E-state index contributed by atoms with van der Waals surface area (Å²) in [5.41, 5.74) is 4.07. The second-order valence-corrected chi connectivity index (χ2v) is 5.90. The van der Waals surface area contributed by atoms with Crippen LogP contribution in [0, 0.1) is 6.92 Å². The zero-order chi connectivity index (χ0) is 13.3. The first-order chi connectivity index (χ1) is 8.49. The molecule has 1 heterocycles. The summed E-state index contributed by atoms with van der Waals surface area (Å²) < 4.78 is 5.76. The highest BCUT2D eigenvalue weighted by atomic mass is 16.5. The molecule has 1 unspecified atom stereocenters. The van der Waals surface area contributed by atoms with Gasteiger partial charge in [-0.3, -0.25) is 0 Å². The lowest BCUT2D eigenvalue weighted by molar-refractivity contribution is 0.364. The average Bonchev–Trinajstić information content (AvgIpc) is 2.75. The van der Waals surface area contributed by atoms with Crippen molar-refractivity contribution in [2.75, 3.05) is 13.7 Å². The Morgan fingerprint density at radius 2 is 2.06 bits per heavy atom. The first-order valence-electron chi connectivity index (χ1n) is 6.92. The van der Waals surface area contributed by atoms with E-state index in [2.05, 4.69) is 45.1 Å². The number of benzene rings is 1. The molecule has 0 aromatic heterocycles. The molecule has 18 heavy (non-hydrogen) atoms. The van der Waals surface area contributed by atoms with Crippen molar-refractivity contribution in [2.24, 2.45) is 0 Å². The third-order valence-corrected chi connectivity index (χ3v) is 4.14. The lowest BCUT2D eigenvalue weighted by Gasteiger charge is -2.30. The molecule has 0 amide bonds. The summed E-state index contributed by atoms with van der Waals surface area (Å²) in [7, 11) is 1.79. The highest BCUT2D eigenvalue weighted by molar-refractivity contribution is 5.51. The van der Waals surface area contributed by atoms with Crippen LogP contribution in [0.4, 0.5) is 0 Å². The largest absolute Gasteiger partial charge is 0.496 e. The molecule has 1 aliphatic heterocycles. The van der Waals surface area contributed by atoms with Crippen molar-refractivity contribution in [1.29, 1.82) is 0 Å². The van der Waals surface area contributed by atoms with E-state index in [9.17, 15) is 0 Å². The van der Waals surface area contributed by atoms with Gasteiger partial charge in [0.25, 0.3) is 0 Å². The van der Waals surface area contributed by atoms with Crippen molar-refractivity contribution in [3.63, 3.8) is 0 Å². The van der Waals surface area contributed by atoms with Crippen LogP contribution < -0.4 is 10.1 Å². The minimum Gasteiger partial charge on any atom is -0.496 e. The number of methoxy groups -OCH3 is 1. The molecule has 1 fully saturated rings. The second-order valence-electron chi connectivity index (χ2n) is 5.90. The van der Waals surface area contributed by atoms with Gasteiger partial charge in [-0.15, -0.1) is 0 Å². The standard InChI is InChI=1S/C16H25NO/c1-11(2)13-8-7-12(3)14(15(13)18-5)16(4)9-6-10-17-16/h7-8,11,17H,6,9-10H2,1-5H3. The molecule has 2 heteroatoms. The van der Waals surface area contributed by atoms with Crippen LogP contribution in [0.5, 0.6) is 5.75 Å². The molecular formula is C16H25NO. The van der Waals surface area contributed by atoms with Gasteiger partial charge in [-0.1, -0.05) is 26.0 Å².